The van der Waals surface area contributed by atoms with Gasteiger partial charge < -0.3 is 10.2 Å². The first kappa shape index (κ1) is 13.6. The van der Waals surface area contributed by atoms with Crippen LogP contribution in [0.25, 0.3) is 10.6 Å². The normalized spacial score (nSPS) is 19.6. The van der Waals surface area contributed by atoms with Crippen LogP contribution in [-0.4, -0.2) is 15.2 Å². The number of aryl methyl sites for hydroxylation is 1. The van der Waals surface area contributed by atoms with E-state index in [2.05, 4.69) is 4.98 Å². The summed E-state index contributed by atoms with van der Waals surface area (Å²) in [7, 11) is 0. The monoisotopic (exact) mass is 309 g/mol. The van der Waals surface area contributed by atoms with Crippen molar-refractivity contribution in [2.45, 2.75) is 19.1 Å². The number of aliphatic hydroxyl groups excluding tert-OH is 2. The highest BCUT2D eigenvalue weighted by molar-refractivity contribution is 7.15. The molecule has 0 fully saturated rings. The Balaban J connectivity index is 1.87. The Morgan fingerprint density at radius 2 is 1.73 bits per heavy atom. The molecule has 1 aliphatic carbocycles. The first-order chi connectivity index (χ1) is 10.6. The summed E-state index contributed by atoms with van der Waals surface area (Å²) in [5, 5.41) is 22.1. The van der Waals surface area contributed by atoms with E-state index < -0.39 is 12.2 Å². The molecule has 3 aromatic rings. The van der Waals surface area contributed by atoms with Gasteiger partial charge in [0.15, 0.2) is 0 Å². The van der Waals surface area contributed by atoms with Crippen molar-refractivity contribution in [3.05, 3.63) is 75.8 Å². The van der Waals surface area contributed by atoms with Crippen molar-refractivity contribution >= 4 is 11.3 Å². The zero-order chi connectivity index (χ0) is 15.3. The van der Waals surface area contributed by atoms with Gasteiger partial charge in [-0.25, -0.2) is 4.98 Å². The van der Waals surface area contributed by atoms with Crippen molar-refractivity contribution in [2.75, 3.05) is 0 Å². The fraction of sp³-hybridized carbons (Fsp3) is 0.167. The lowest BCUT2D eigenvalue weighted by atomic mass is 9.88. The van der Waals surface area contributed by atoms with Crippen LogP contribution in [0.2, 0.25) is 0 Å². The van der Waals surface area contributed by atoms with Crippen molar-refractivity contribution < 1.29 is 10.2 Å². The zero-order valence-electron chi connectivity index (χ0n) is 12.0. The number of hydrogen-bond acceptors (Lipinski definition) is 4. The minimum Gasteiger partial charge on any atom is -0.383 e. The molecule has 2 unspecified atom stereocenters. The molecule has 110 valence electrons. The van der Waals surface area contributed by atoms with Gasteiger partial charge in [0.1, 0.15) is 17.2 Å². The molecule has 0 saturated carbocycles. The predicted octanol–water partition coefficient (Wildman–Crippen LogP) is 3.60. The number of aromatic nitrogens is 1. The molecule has 1 aliphatic rings. The van der Waals surface area contributed by atoms with Crippen molar-refractivity contribution in [1.82, 2.24) is 4.98 Å². The average molecular weight is 309 g/mol. The Hall–Kier alpha value is -2.01. The molecule has 0 radical (unpaired) electrons. The number of nitrogens with zero attached hydrogens (tertiary/aromatic N) is 1. The van der Waals surface area contributed by atoms with Crippen LogP contribution in [0.4, 0.5) is 0 Å². The first-order valence-electron chi connectivity index (χ1n) is 7.18. The quantitative estimate of drug-likeness (QED) is 0.722. The average Bonchev–Trinajstić information content (AvgIpc) is 2.99. The molecule has 2 atom stereocenters. The van der Waals surface area contributed by atoms with E-state index in [9.17, 15) is 10.2 Å². The Labute approximate surface area is 132 Å². The van der Waals surface area contributed by atoms with Crippen molar-refractivity contribution in [3.8, 4) is 10.6 Å². The molecule has 22 heavy (non-hydrogen) atoms. The SMILES string of the molecule is Cc1ccc2c(c1)C(O)c1sc(-c3ccccc3)nc1C2O. The molecule has 2 N–H and O–H groups in total. The van der Waals surface area contributed by atoms with Crippen molar-refractivity contribution in [1.29, 1.82) is 0 Å². The summed E-state index contributed by atoms with van der Waals surface area (Å²) in [6, 6.07) is 15.6. The summed E-state index contributed by atoms with van der Waals surface area (Å²) in [4.78, 5) is 5.32. The number of thiazole rings is 1. The molecule has 1 aromatic heterocycles. The second-order valence-corrected chi connectivity index (χ2v) is 6.60. The summed E-state index contributed by atoms with van der Waals surface area (Å²) in [6.45, 7) is 1.98. The third kappa shape index (κ3) is 2.00. The van der Waals surface area contributed by atoms with Gasteiger partial charge >= 0.3 is 0 Å². The lowest BCUT2D eigenvalue weighted by molar-refractivity contribution is 0.173. The van der Waals surface area contributed by atoms with Crippen molar-refractivity contribution in [2.24, 2.45) is 0 Å². The summed E-state index contributed by atoms with van der Waals surface area (Å²) in [5.41, 5.74) is 4.18. The van der Waals surface area contributed by atoms with Crippen LogP contribution >= 0.6 is 11.3 Å². The fourth-order valence-corrected chi connectivity index (χ4v) is 4.01. The van der Waals surface area contributed by atoms with Gasteiger partial charge in [-0.05, 0) is 18.1 Å². The Kier molecular flexibility index (Phi) is 3.11. The summed E-state index contributed by atoms with van der Waals surface area (Å²) >= 11 is 1.45. The van der Waals surface area contributed by atoms with Gasteiger partial charge in [0, 0.05) is 5.56 Å². The fourth-order valence-electron chi connectivity index (χ4n) is 2.91. The smallest absolute Gasteiger partial charge is 0.124 e. The van der Waals surface area contributed by atoms with Crippen LogP contribution < -0.4 is 0 Å². The van der Waals surface area contributed by atoms with Crippen LogP contribution in [0, 0.1) is 6.92 Å². The van der Waals surface area contributed by atoms with E-state index in [0.717, 1.165) is 32.1 Å². The molecule has 4 heteroatoms. The van der Waals surface area contributed by atoms with E-state index in [1.165, 1.54) is 11.3 Å². The summed E-state index contributed by atoms with van der Waals surface area (Å²) in [5.74, 6) is 0. The molecule has 0 bridgehead atoms. The van der Waals surface area contributed by atoms with E-state index in [0.29, 0.717) is 5.69 Å². The standard InChI is InChI=1S/C18H15NO2S/c1-10-7-8-12-13(9-10)16(21)17-14(15(12)20)19-18(22-17)11-5-3-2-4-6-11/h2-9,15-16,20-21H,1H3. The predicted molar refractivity (Wildman–Crippen MR) is 86.9 cm³/mol. The molecule has 0 spiro atoms. The Bertz CT molecular complexity index is 842. The summed E-state index contributed by atoms with van der Waals surface area (Å²) in [6.07, 6.45) is -1.49. The highest BCUT2D eigenvalue weighted by atomic mass is 32.1. The number of aliphatic hydroxyl groups is 2. The number of rotatable bonds is 1. The topological polar surface area (TPSA) is 53.4 Å². The maximum absolute atomic E-state index is 10.7. The highest BCUT2D eigenvalue weighted by Gasteiger charge is 2.33. The van der Waals surface area contributed by atoms with Crippen LogP contribution in [-0.2, 0) is 0 Å². The Morgan fingerprint density at radius 1 is 0.955 bits per heavy atom. The van der Waals surface area contributed by atoms with E-state index in [4.69, 9.17) is 0 Å². The van der Waals surface area contributed by atoms with Gasteiger partial charge in [-0.15, -0.1) is 11.3 Å². The number of benzene rings is 2. The molecule has 0 saturated heterocycles. The molecule has 4 rings (SSSR count). The largest absolute Gasteiger partial charge is 0.383 e. The van der Waals surface area contributed by atoms with Crippen molar-refractivity contribution in [3.63, 3.8) is 0 Å². The number of fused-ring (bicyclic) bond motifs is 2. The minimum absolute atomic E-state index is 0.577. The third-order valence-electron chi connectivity index (χ3n) is 4.04. The van der Waals surface area contributed by atoms with Crippen LogP contribution in [0.1, 0.15) is 39.5 Å². The van der Waals surface area contributed by atoms with Gasteiger partial charge in [0.25, 0.3) is 0 Å². The summed E-state index contributed by atoms with van der Waals surface area (Å²) < 4.78 is 0. The van der Waals surface area contributed by atoms with Gasteiger partial charge in [0.2, 0.25) is 0 Å². The van der Waals surface area contributed by atoms with Gasteiger partial charge in [-0.3, -0.25) is 0 Å². The molecule has 1 heterocycles. The number of hydrogen-bond donors (Lipinski definition) is 2. The van der Waals surface area contributed by atoms with E-state index in [-0.39, 0.29) is 0 Å². The zero-order valence-corrected chi connectivity index (χ0v) is 12.8. The molecule has 0 aliphatic heterocycles. The lowest BCUT2D eigenvalue weighted by Crippen LogP contribution is -2.16. The molecular weight excluding hydrogens is 294 g/mol. The van der Waals surface area contributed by atoms with Gasteiger partial charge in [0.05, 0.1) is 10.6 Å². The van der Waals surface area contributed by atoms with Crippen LogP contribution in [0.3, 0.4) is 0 Å². The third-order valence-corrected chi connectivity index (χ3v) is 5.21. The van der Waals surface area contributed by atoms with Gasteiger partial charge in [-0.1, -0.05) is 54.1 Å². The van der Waals surface area contributed by atoms with Crippen LogP contribution in [0.5, 0.6) is 0 Å². The van der Waals surface area contributed by atoms with E-state index in [1.807, 2.05) is 55.5 Å². The van der Waals surface area contributed by atoms with Crippen LogP contribution in [0.15, 0.2) is 48.5 Å². The molecule has 2 aromatic carbocycles. The van der Waals surface area contributed by atoms with E-state index in [1.54, 1.807) is 0 Å². The lowest BCUT2D eigenvalue weighted by Gasteiger charge is -2.25. The van der Waals surface area contributed by atoms with Gasteiger partial charge in [-0.2, -0.15) is 0 Å². The maximum atomic E-state index is 10.7. The second-order valence-electron chi connectivity index (χ2n) is 5.57. The molecule has 0 amide bonds. The molecular formula is C18H15NO2S. The second kappa shape index (κ2) is 5.02. The highest BCUT2D eigenvalue weighted by Crippen LogP contribution is 2.45. The molecule has 3 nitrogen and oxygen atoms in total. The minimum atomic E-state index is -0.775. The Morgan fingerprint density at radius 3 is 2.50 bits per heavy atom. The first-order valence-corrected chi connectivity index (χ1v) is 7.99. The maximum Gasteiger partial charge on any atom is 0.124 e. The van der Waals surface area contributed by atoms with E-state index >= 15 is 0 Å².